The number of aryl methyl sites for hydroxylation is 2. The van der Waals surface area contributed by atoms with Crippen LogP contribution in [0, 0.1) is 20.8 Å². The van der Waals surface area contributed by atoms with Crippen molar-refractivity contribution in [3.05, 3.63) is 51.2 Å². The first-order valence-electron chi connectivity index (χ1n) is 6.54. The molecule has 0 aliphatic carbocycles. The van der Waals surface area contributed by atoms with Gasteiger partial charge in [-0.1, -0.05) is 12.1 Å². The molecule has 0 aliphatic rings. The van der Waals surface area contributed by atoms with Crippen molar-refractivity contribution in [3.8, 4) is 5.75 Å². The van der Waals surface area contributed by atoms with E-state index in [2.05, 4.69) is 39.0 Å². The van der Waals surface area contributed by atoms with Crippen molar-refractivity contribution >= 4 is 11.3 Å². The SMILES string of the molecule is Cc1ccc(C(Oc2cccc(C)c2C)C(C)N)s1. The second kappa shape index (κ2) is 5.76. The van der Waals surface area contributed by atoms with Gasteiger partial charge in [-0.15, -0.1) is 11.3 Å². The number of thiophene rings is 1. The smallest absolute Gasteiger partial charge is 0.148 e. The molecule has 1 heterocycles. The first kappa shape index (κ1) is 14.1. The number of ether oxygens (including phenoxy) is 1. The second-order valence-electron chi connectivity index (χ2n) is 5.04. The molecule has 3 heteroatoms. The van der Waals surface area contributed by atoms with Gasteiger partial charge in [-0.25, -0.2) is 0 Å². The Morgan fingerprint density at radius 2 is 1.84 bits per heavy atom. The highest BCUT2D eigenvalue weighted by atomic mass is 32.1. The number of hydrogen-bond donors (Lipinski definition) is 1. The third-order valence-electron chi connectivity index (χ3n) is 3.33. The molecular weight excluding hydrogens is 254 g/mol. The Morgan fingerprint density at radius 1 is 1.11 bits per heavy atom. The van der Waals surface area contributed by atoms with Crippen LogP contribution in [-0.2, 0) is 0 Å². The fourth-order valence-electron chi connectivity index (χ4n) is 2.02. The average Bonchev–Trinajstić information content (AvgIpc) is 2.77. The van der Waals surface area contributed by atoms with Crippen LogP contribution in [0.25, 0.3) is 0 Å². The average molecular weight is 275 g/mol. The molecule has 0 bridgehead atoms. The van der Waals surface area contributed by atoms with Gasteiger partial charge in [-0.2, -0.15) is 0 Å². The monoisotopic (exact) mass is 275 g/mol. The molecule has 1 aromatic carbocycles. The van der Waals surface area contributed by atoms with Gasteiger partial charge in [0, 0.05) is 15.8 Å². The summed E-state index contributed by atoms with van der Waals surface area (Å²) in [5.41, 5.74) is 8.52. The molecule has 0 radical (unpaired) electrons. The van der Waals surface area contributed by atoms with E-state index in [-0.39, 0.29) is 12.1 Å². The van der Waals surface area contributed by atoms with E-state index in [0.717, 1.165) is 5.75 Å². The van der Waals surface area contributed by atoms with E-state index in [4.69, 9.17) is 10.5 Å². The van der Waals surface area contributed by atoms with Gasteiger partial charge in [0.15, 0.2) is 0 Å². The molecule has 0 fully saturated rings. The molecule has 0 saturated heterocycles. The van der Waals surface area contributed by atoms with Gasteiger partial charge in [0.05, 0.1) is 0 Å². The van der Waals surface area contributed by atoms with Gasteiger partial charge < -0.3 is 10.5 Å². The summed E-state index contributed by atoms with van der Waals surface area (Å²) >= 11 is 1.75. The Balaban J connectivity index is 2.29. The quantitative estimate of drug-likeness (QED) is 0.910. The number of rotatable bonds is 4. The van der Waals surface area contributed by atoms with Crippen LogP contribution in [0.4, 0.5) is 0 Å². The lowest BCUT2D eigenvalue weighted by Crippen LogP contribution is -2.28. The third-order valence-corrected chi connectivity index (χ3v) is 4.39. The zero-order valence-corrected chi connectivity index (χ0v) is 12.8. The Labute approximate surface area is 119 Å². The molecule has 0 spiro atoms. The van der Waals surface area contributed by atoms with Crippen LogP contribution in [-0.4, -0.2) is 6.04 Å². The molecular formula is C16H21NOS. The van der Waals surface area contributed by atoms with Crippen LogP contribution in [0.5, 0.6) is 5.75 Å². The normalized spacial score (nSPS) is 14.2. The molecule has 2 rings (SSSR count). The fourth-order valence-corrected chi connectivity index (χ4v) is 3.04. The lowest BCUT2D eigenvalue weighted by molar-refractivity contribution is 0.183. The first-order chi connectivity index (χ1) is 8.99. The minimum Gasteiger partial charge on any atom is -0.483 e. The summed E-state index contributed by atoms with van der Waals surface area (Å²) in [4.78, 5) is 2.47. The zero-order chi connectivity index (χ0) is 14.0. The van der Waals surface area contributed by atoms with E-state index in [1.165, 1.54) is 20.9 Å². The molecule has 2 atom stereocenters. The lowest BCUT2D eigenvalue weighted by Gasteiger charge is -2.23. The minimum absolute atomic E-state index is 0.0436. The maximum atomic E-state index is 6.17. The highest BCUT2D eigenvalue weighted by Crippen LogP contribution is 2.31. The first-order valence-corrected chi connectivity index (χ1v) is 7.35. The van der Waals surface area contributed by atoms with E-state index < -0.39 is 0 Å². The van der Waals surface area contributed by atoms with E-state index in [9.17, 15) is 0 Å². The number of nitrogens with two attached hydrogens (primary N) is 1. The van der Waals surface area contributed by atoms with Crippen molar-refractivity contribution in [2.75, 3.05) is 0 Å². The van der Waals surface area contributed by atoms with Crippen LogP contribution in [0.1, 0.15) is 33.9 Å². The Bertz CT molecular complexity index is 560. The molecule has 2 nitrogen and oxygen atoms in total. The van der Waals surface area contributed by atoms with E-state index in [1.807, 2.05) is 19.1 Å². The molecule has 0 amide bonds. The Hall–Kier alpha value is -1.32. The molecule has 102 valence electrons. The summed E-state index contributed by atoms with van der Waals surface area (Å²) < 4.78 is 6.17. The highest BCUT2D eigenvalue weighted by molar-refractivity contribution is 7.12. The molecule has 2 aromatic rings. The predicted molar refractivity (Wildman–Crippen MR) is 82.0 cm³/mol. The lowest BCUT2D eigenvalue weighted by atomic mass is 10.1. The fraction of sp³-hybridized carbons (Fsp3) is 0.375. The minimum atomic E-state index is -0.0841. The molecule has 0 saturated carbocycles. The molecule has 0 aliphatic heterocycles. The summed E-state index contributed by atoms with van der Waals surface area (Å²) in [6.07, 6.45) is -0.0841. The van der Waals surface area contributed by atoms with Gasteiger partial charge in [0.2, 0.25) is 0 Å². The number of hydrogen-bond acceptors (Lipinski definition) is 3. The van der Waals surface area contributed by atoms with Gasteiger partial charge in [0.1, 0.15) is 11.9 Å². The maximum Gasteiger partial charge on any atom is 0.148 e. The summed E-state index contributed by atoms with van der Waals surface area (Å²) in [6.45, 7) is 8.27. The van der Waals surface area contributed by atoms with Crippen molar-refractivity contribution < 1.29 is 4.74 Å². The third kappa shape index (κ3) is 3.17. The van der Waals surface area contributed by atoms with Gasteiger partial charge in [-0.3, -0.25) is 0 Å². The summed E-state index contributed by atoms with van der Waals surface area (Å²) in [6, 6.07) is 10.3. The standard InChI is InChI=1S/C16H21NOS/c1-10-6-5-7-14(12(10)3)18-16(13(4)17)15-9-8-11(2)19-15/h5-9,13,16H,17H2,1-4H3. The van der Waals surface area contributed by atoms with Crippen molar-refractivity contribution in [2.45, 2.75) is 39.8 Å². The second-order valence-corrected chi connectivity index (χ2v) is 6.36. The van der Waals surface area contributed by atoms with Crippen LogP contribution >= 0.6 is 11.3 Å². The Morgan fingerprint density at radius 3 is 2.42 bits per heavy atom. The van der Waals surface area contributed by atoms with E-state index in [0.29, 0.717) is 0 Å². The van der Waals surface area contributed by atoms with Crippen LogP contribution in [0.2, 0.25) is 0 Å². The molecule has 2 N–H and O–H groups in total. The van der Waals surface area contributed by atoms with Crippen molar-refractivity contribution in [1.82, 2.24) is 0 Å². The Kier molecular flexibility index (Phi) is 4.27. The molecule has 2 unspecified atom stereocenters. The topological polar surface area (TPSA) is 35.2 Å². The summed E-state index contributed by atoms with van der Waals surface area (Å²) in [5.74, 6) is 0.924. The van der Waals surface area contributed by atoms with Gasteiger partial charge in [-0.05, 0) is 57.0 Å². The summed E-state index contributed by atoms with van der Waals surface area (Å²) in [5, 5.41) is 0. The largest absolute Gasteiger partial charge is 0.483 e. The van der Waals surface area contributed by atoms with E-state index in [1.54, 1.807) is 11.3 Å². The highest BCUT2D eigenvalue weighted by Gasteiger charge is 2.20. The van der Waals surface area contributed by atoms with E-state index >= 15 is 0 Å². The van der Waals surface area contributed by atoms with Crippen molar-refractivity contribution in [3.63, 3.8) is 0 Å². The predicted octanol–water partition coefficient (Wildman–Crippen LogP) is 4.14. The van der Waals surface area contributed by atoms with Gasteiger partial charge >= 0.3 is 0 Å². The molecule has 19 heavy (non-hydrogen) atoms. The van der Waals surface area contributed by atoms with Crippen LogP contribution in [0.3, 0.4) is 0 Å². The summed E-state index contributed by atoms with van der Waals surface area (Å²) in [7, 11) is 0. The van der Waals surface area contributed by atoms with Crippen molar-refractivity contribution in [2.24, 2.45) is 5.73 Å². The van der Waals surface area contributed by atoms with Crippen LogP contribution in [0.15, 0.2) is 30.3 Å². The van der Waals surface area contributed by atoms with Gasteiger partial charge in [0.25, 0.3) is 0 Å². The van der Waals surface area contributed by atoms with Crippen molar-refractivity contribution in [1.29, 1.82) is 0 Å². The molecule has 1 aromatic heterocycles. The number of benzene rings is 1. The maximum absolute atomic E-state index is 6.17. The zero-order valence-electron chi connectivity index (χ0n) is 11.9. The van der Waals surface area contributed by atoms with Crippen LogP contribution < -0.4 is 10.5 Å².